The van der Waals surface area contributed by atoms with E-state index in [1.54, 1.807) is 0 Å². The highest BCUT2D eigenvalue weighted by atomic mass is 79.9. The number of ketones is 1. The van der Waals surface area contributed by atoms with Gasteiger partial charge in [0.1, 0.15) is 5.78 Å². The fraction of sp³-hybridized carbons (Fsp3) is 0.889. The van der Waals surface area contributed by atoms with E-state index in [4.69, 9.17) is 0 Å². The molecule has 1 nitrogen and oxygen atoms in total. The van der Waals surface area contributed by atoms with E-state index in [0.717, 1.165) is 31.6 Å². The third kappa shape index (κ3) is 1.50. The van der Waals surface area contributed by atoms with Gasteiger partial charge in [-0.2, -0.15) is 0 Å². The fourth-order valence-electron chi connectivity index (χ4n) is 2.21. The summed E-state index contributed by atoms with van der Waals surface area (Å²) in [6, 6.07) is 0. The Morgan fingerprint density at radius 2 is 1.83 bits per heavy atom. The lowest BCUT2D eigenvalue weighted by molar-refractivity contribution is -0.119. The number of carbonyl (C=O) groups is 1. The minimum absolute atomic E-state index is 0.185. The van der Waals surface area contributed by atoms with E-state index < -0.39 is 0 Å². The van der Waals surface area contributed by atoms with E-state index in [1.165, 1.54) is 6.42 Å². The van der Waals surface area contributed by atoms with Crippen molar-refractivity contribution in [3.63, 3.8) is 0 Å². The van der Waals surface area contributed by atoms with Gasteiger partial charge in [-0.3, -0.25) is 4.79 Å². The number of carbonyl (C=O) groups excluding carboxylic acids is 1. The number of rotatable bonds is 0. The predicted octanol–water partition coefficient (Wildman–Crippen LogP) is 3.25. The van der Waals surface area contributed by atoms with Gasteiger partial charge in [0.2, 0.25) is 0 Å². The van der Waals surface area contributed by atoms with Gasteiger partial charge in [-0.1, -0.05) is 31.9 Å². The summed E-state index contributed by atoms with van der Waals surface area (Å²) >= 11 is 7.35. The molecule has 0 spiro atoms. The molecule has 0 N–H and O–H groups in total. The van der Waals surface area contributed by atoms with Crippen LogP contribution >= 0.6 is 31.9 Å². The summed E-state index contributed by atoms with van der Waals surface area (Å²) in [5, 5.41) is 0. The van der Waals surface area contributed by atoms with Gasteiger partial charge >= 0.3 is 0 Å². The standard InChI is InChI=1S/C9H12Br2O/c10-9(11)7-3-1-2-6(12)4-5-8(7)9/h7-8H,1-5H2. The zero-order chi connectivity index (χ0) is 8.77. The topological polar surface area (TPSA) is 17.1 Å². The first kappa shape index (κ1) is 9.20. The molecule has 2 rings (SSSR count). The highest BCUT2D eigenvalue weighted by Crippen LogP contribution is 2.66. The average molecular weight is 296 g/mol. The molecule has 0 bridgehead atoms. The van der Waals surface area contributed by atoms with Crippen LogP contribution in [0.1, 0.15) is 32.1 Å². The molecule has 2 fully saturated rings. The second-order valence-corrected chi connectivity index (χ2v) is 7.55. The lowest BCUT2D eigenvalue weighted by Crippen LogP contribution is -2.02. The quantitative estimate of drug-likeness (QED) is 0.627. The van der Waals surface area contributed by atoms with Crippen LogP contribution in [0.4, 0.5) is 0 Å². The van der Waals surface area contributed by atoms with Crippen LogP contribution in [0.25, 0.3) is 0 Å². The van der Waals surface area contributed by atoms with Crippen molar-refractivity contribution in [2.24, 2.45) is 11.8 Å². The first-order valence-electron chi connectivity index (χ1n) is 4.52. The van der Waals surface area contributed by atoms with Crippen LogP contribution in [0.3, 0.4) is 0 Å². The summed E-state index contributed by atoms with van der Waals surface area (Å²) in [6.07, 6.45) is 4.95. The highest BCUT2D eigenvalue weighted by Gasteiger charge is 2.60. The Morgan fingerprint density at radius 3 is 2.58 bits per heavy atom. The molecule has 0 amide bonds. The molecule has 12 heavy (non-hydrogen) atoms. The number of Topliss-reactive ketones (excluding diaryl/α,β-unsaturated/α-hetero) is 1. The van der Waals surface area contributed by atoms with Crippen molar-refractivity contribution in [3.05, 3.63) is 0 Å². The molecule has 0 aromatic rings. The highest BCUT2D eigenvalue weighted by molar-refractivity contribution is 9.25. The molecule has 0 aromatic heterocycles. The maximum atomic E-state index is 11.2. The third-order valence-corrected chi connectivity index (χ3v) is 5.42. The Morgan fingerprint density at radius 1 is 1.17 bits per heavy atom. The third-order valence-electron chi connectivity index (χ3n) is 3.07. The Balaban J connectivity index is 1.99. The monoisotopic (exact) mass is 294 g/mol. The Bertz CT molecular complexity index is 213. The van der Waals surface area contributed by atoms with Crippen LogP contribution in [0.2, 0.25) is 0 Å². The van der Waals surface area contributed by atoms with Crippen LogP contribution in [0.15, 0.2) is 0 Å². The van der Waals surface area contributed by atoms with Crippen LogP contribution in [-0.4, -0.2) is 9.02 Å². The summed E-state index contributed by atoms with van der Waals surface area (Å²) in [7, 11) is 0. The van der Waals surface area contributed by atoms with Crippen molar-refractivity contribution in [1.82, 2.24) is 0 Å². The number of hydrogen-bond donors (Lipinski definition) is 0. The second-order valence-electron chi connectivity index (χ2n) is 3.86. The minimum Gasteiger partial charge on any atom is -0.300 e. The van der Waals surface area contributed by atoms with Crippen LogP contribution in [0.5, 0.6) is 0 Å². The van der Waals surface area contributed by atoms with Crippen molar-refractivity contribution in [3.8, 4) is 0 Å². The molecule has 2 aliphatic rings. The van der Waals surface area contributed by atoms with E-state index in [0.29, 0.717) is 11.7 Å². The molecular weight excluding hydrogens is 284 g/mol. The van der Waals surface area contributed by atoms with Crippen LogP contribution < -0.4 is 0 Å². The summed E-state index contributed by atoms with van der Waals surface area (Å²) in [5.41, 5.74) is 0. The van der Waals surface area contributed by atoms with Crippen molar-refractivity contribution in [2.45, 2.75) is 35.3 Å². The van der Waals surface area contributed by atoms with Gasteiger partial charge in [0.05, 0.1) is 3.23 Å². The van der Waals surface area contributed by atoms with Gasteiger partial charge < -0.3 is 0 Å². The molecule has 68 valence electrons. The molecule has 2 saturated carbocycles. The fourth-order valence-corrected chi connectivity index (χ4v) is 4.14. The average Bonchev–Trinajstić information content (AvgIpc) is 2.44. The van der Waals surface area contributed by atoms with Crippen LogP contribution in [0, 0.1) is 11.8 Å². The van der Waals surface area contributed by atoms with Crippen molar-refractivity contribution in [2.75, 3.05) is 0 Å². The van der Waals surface area contributed by atoms with E-state index in [2.05, 4.69) is 31.9 Å². The van der Waals surface area contributed by atoms with E-state index >= 15 is 0 Å². The molecule has 0 saturated heterocycles. The Labute approximate surface area is 89.5 Å². The summed E-state index contributed by atoms with van der Waals surface area (Å²) in [6.45, 7) is 0. The van der Waals surface area contributed by atoms with Crippen molar-refractivity contribution >= 4 is 37.6 Å². The van der Waals surface area contributed by atoms with E-state index in [-0.39, 0.29) is 3.23 Å². The molecule has 2 aliphatic carbocycles. The predicted molar refractivity (Wildman–Crippen MR) is 55.7 cm³/mol. The summed E-state index contributed by atoms with van der Waals surface area (Å²) in [5.74, 6) is 1.92. The minimum atomic E-state index is 0.185. The summed E-state index contributed by atoms with van der Waals surface area (Å²) < 4.78 is 0.185. The lowest BCUT2D eigenvalue weighted by Gasteiger charge is -2.04. The van der Waals surface area contributed by atoms with E-state index in [9.17, 15) is 4.79 Å². The van der Waals surface area contributed by atoms with Crippen molar-refractivity contribution < 1.29 is 4.79 Å². The Hall–Kier alpha value is 0.630. The number of fused-ring (bicyclic) bond motifs is 1. The van der Waals surface area contributed by atoms with Gasteiger partial charge in [0, 0.05) is 12.8 Å². The molecule has 2 atom stereocenters. The Kier molecular flexibility index (Phi) is 2.37. The molecule has 0 aliphatic heterocycles. The van der Waals surface area contributed by atoms with Crippen LogP contribution in [-0.2, 0) is 4.79 Å². The summed E-state index contributed by atoms with van der Waals surface area (Å²) in [4.78, 5) is 11.2. The number of alkyl halides is 2. The molecule has 0 radical (unpaired) electrons. The van der Waals surface area contributed by atoms with E-state index in [1.807, 2.05) is 0 Å². The van der Waals surface area contributed by atoms with Gasteiger partial charge in [-0.05, 0) is 31.1 Å². The zero-order valence-corrected chi connectivity index (χ0v) is 10.0. The first-order valence-corrected chi connectivity index (χ1v) is 6.10. The molecule has 0 aromatic carbocycles. The SMILES string of the molecule is O=C1CCCC2C(CC1)C2(Br)Br. The maximum Gasteiger partial charge on any atom is 0.132 e. The van der Waals surface area contributed by atoms with Gasteiger partial charge in [0.25, 0.3) is 0 Å². The lowest BCUT2D eigenvalue weighted by atomic mass is 10.0. The normalized spacial score (nSPS) is 39.7. The largest absolute Gasteiger partial charge is 0.300 e. The number of halogens is 2. The molecule has 3 heteroatoms. The molecular formula is C9H12Br2O. The maximum absolute atomic E-state index is 11.2. The van der Waals surface area contributed by atoms with Gasteiger partial charge in [0.15, 0.2) is 0 Å². The molecule has 2 unspecified atom stereocenters. The van der Waals surface area contributed by atoms with Crippen molar-refractivity contribution in [1.29, 1.82) is 0 Å². The van der Waals surface area contributed by atoms with Gasteiger partial charge in [-0.15, -0.1) is 0 Å². The smallest absolute Gasteiger partial charge is 0.132 e. The second kappa shape index (κ2) is 3.09. The first-order chi connectivity index (χ1) is 5.62. The molecule has 0 heterocycles. The zero-order valence-electron chi connectivity index (χ0n) is 6.85. The van der Waals surface area contributed by atoms with Gasteiger partial charge in [-0.25, -0.2) is 0 Å². The number of hydrogen-bond acceptors (Lipinski definition) is 1.